The minimum Gasteiger partial charge on any atom is -0.479 e. The lowest BCUT2D eigenvalue weighted by molar-refractivity contribution is -0.149. The standard InChI is InChI=1S/C30H29NO5/c1-20-5-12-25(13-6-20)29(33)27-17-31(28-14-11-24(18-32)16-26(27)28)15-3-4-22-7-9-23(10-8-22)19-36-21(2)30(34)35/h3-14,16-17,21,32H,15,18-19H2,1-2H3,(H,34,35)/t21-/m0/s1. The second-order valence-corrected chi connectivity index (χ2v) is 8.84. The Hall–Kier alpha value is -4.00. The SMILES string of the molecule is Cc1ccc(C(=O)c2cn(CC=Cc3ccc(CO[C@@H](C)C(=O)O)cc3)c3ccc(CO)cc23)cc1. The number of benzene rings is 3. The lowest BCUT2D eigenvalue weighted by atomic mass is 10.0. The first-order valence-electron chi connectivity index (χ1n) is 11.8. The molecule has 4 aromatic rings. The molecule has 0 aliphatic rings. The summed E-state index contributed by atoms with van der Waals surface area (Å²) in [6.07, 6.45) is 5.05. The van der Waals surface area contributed by atoms with E-state index in [1.165, 1.54) is 6.92 Å². The smallest absolute Gasteiger partial charge is 0.332 e. The molecule has 3 aromatic carbocycles. The third-order valence-corrected chi connectivity index (χ3v) is 6.13. The highest BCUT2D eigenvalue weighted by Gasteiger charge is 2.17. The summed E-state index contributed by atoms with van der Waals surface area (Å²) in [5.74, 6) is -1.03. The number of ether oxygens (including phenoxy) is 1. The van der Waals surface area contributed by atoms with E-state index >= 15 is 0 Å². The predicted octanol–water partition coefficient (Wildman–Crippen LogP) is 5.38. The fourth-order valence-corrected chi connectivity index (χ4v) is 3.95. The van der Waals surface area contributed by atoms with Crippen LogP contribution < -0.4 is 0 Å². The number of carboxylic acid groups (broad SMARTS) is 1. The predicted molar refractivity (Wildman–Crippen MR) is 140 cm³/mol. The van der Waals surface area contributed by atoms with Crippen molar-refractivity contribution in [1.82, 2.24) is 4.57 Å². The Labute approximate surface area is 210 Å². The highest BCUT2D eigenvalue weighted by Crippen LogP contribution is 2.26. The Bertz CT molecular complexity index is 1400. The van der Waals surface area contributed by atoms with Gasteiger partial charge in [-0.05, 0) is 42.7 Å². The Morgan fingerprint density at radius 2 is 1.69 bits per heavy atom. The Balaban J connectivity index is 1.53. The van der Waals surface area contributed by atoms with Gasteiger partial charge >= 0.3 is 5.97 Å². The number of hydrogen-bond donors (Lipinski definition) is 2. The summed E-state index contributed by atoms with van der Waals surface area (Å²) in [6.45, 7) is 4.21. The molecule has 0 fully saturated rings. The van der Waals surface area contributed by atoms with Gasteiger partial charge in [0, 0.05) is 34.8 Å². The molecule has 0 radical (unpaired) electrons. The number of nitrogens with zero attached hydrogens (tertiary/aromatic N) is 1. The number of carbonyl (C=O) groups is 2. The minimum absolute atomic E-state index is 0.0483. The topological polar surface area (TPSA) is 88.8 Å². The number of allylic oxidation sites excluding steroid dienone is 1. The first-order chi connectivity index (χ1) is 17.4. The van der Waals surface area contributed by atoms with E-state index in [-0.39, 0.29) is 19.0 Å². The number of fused-ring (bicyclic) bond motifs is 1. The van der Waals surface area contributed by atoms with Crippen LogP contribution in [0.1, 0.15) is 45.1 Å². The zero-order chi connectivity index (χ0) is 25.7. The summed E-state index contributed by atoms with van der Waals surface area (Å²) in [4.78, 5) is 24.2. The van der Waals surface area contributed by atoms with E-state index in [2.05, 4.69) is 0 Å². The molecule has 0 amide bonds. The summed E-state index contributed by atoms with van der Waals surface area (Å²) in [5, 5.41) is 19.4. The van der Waals surface area contributed by atoms with Crippen molar-refractivity contribution in [3.05, 3.63) is 112 Å². The van der Waals surface area contributed by atoms with Gasteiger partial charge in [0.1, 0.15) is 0 Å². The van der Waals surface area contributed by atoms with Gasteiger partial charge in [0.2, 0.25) is 0 Å². The van der Waals surface area contributed by atoms with Crippen LogP contribution in [-0.4, -0.2) is 32.6 Å². The molecule has 184 valence electrons. The molecule has 6 heteroatoms. The number of carboxylic acids is 1. The number of aliphatic carboxylic acids is 1. The van der Waals surface area contributed by atoms with Crippen molar-refractivity contribution in [1.29, 1.82) is 0 Å². The molecule has 0 aliphatic carbocycles. The van der Waals surface area contributed by atoms with E-state index in [1.54, 1.807) is 0 Å². The van der Waals surface area contributed by atoms with Crippen LogP contribution in [0.2, 0.25) is 0 Å². The highest BCUT2D eigenvalue weighted by atomic mass is 16.5. The van der Waals surface area contributed by atoms with Crippen molar-refractivity contribution >= 4 is 28.7 Å². The molecule has 1 atom stereocenters. The molecule has 0 bridgehead atoms. The molecule has 0 unspecified atom stereocenters. The fourth-order valence-electron chi connectivity index (χ4n) is 3.95. The fraction of sp³-hybridized carbons (Fsp3) is 0.200. The molecule has 6 nitrogen and oxygen atoms in total. The van der Waals surface area contributed by atoms with Gasteiger partial charge in [-0.2, -0.15) is 0 Å². The average molecular weight is 484 g/mol. The van der Waals surface area contributed by atoms with Crippen molar-refractivity contribution in [3.63, 3.8) is 0 Å². The quantitative estimate of drug-likeness (QED) is 0.296. The van der Waals surface area contributed by atoms with E-state index in [4.69, 9.17) is 9.84 Å². The molecule has 0 spiro atoms. The number of aryl methyl sites for hydroxylation is 1. The maximum Gasteiger partial charge on any atom is 0.332 e. The van der Waals surface area contributed by atoms with E-state index in [0.29, 0.717) is 17.7 Å². The van der Waals surface area contributed by atoms with E-state index in [0.717, 1.165) is 33.2 Å². The maximum absolute atomic E-state index is 13.3. The second-order valence-electron chi connectivity index (χ2n) is 8.84. The van der Waals surface area contributed by atoms with Crippen LogP contribution in [0.15, 0.2) is 79.0 Å². The zero-order valence-electron chi connectivity index (χ0n) is 20.3. The first kappa shape index (κ1) is 25.1. The molecular weight excluding hydrogens is 454 g/mol. The number of rotatable bonds is 10. The maximum atomic E-state index is 13.3. The number of aliphatic hydroxyl groups is 1. The van der Waals surface area contributed by atoms with Crippen molar-refractivity contribution < 1.29 is 24.5 Å². The third-order valence-electron chi connectivity index (χ3n) is 6.13. The zero-order valence-corrected chi connectivity index (χ0v) is 20.3. The van der Waals surface area contributed by atoms with Gasteiger partial charge in [-0.15, -0.1) is 0 Å². The van der Waals surface area contributed by atoms with Crippen molar-refractivity contribution in [2.75, 3.05) is 0 Å². The van der Waals surface area contributed by atoms with Crippen LogP contribution in [0, 0.1) is 6.92 Å². The van der Waals surface area contributed by atoms with Crippen molar-refractivity contribution in [3.8, 4) is 0 Å². The Kier molecular flexibility index (Phi) is 7.78. The van der Waals surface area contributed by atoms with Gasteiger partial charge < -0.3 is 19.5 Å². The summed E-state index contributed by atoms with van der Waals surface area (Å²) < 4.78 is 7.35. The number of hydrogen-bond acceptors (Lipinski definition) is 4. The van der Waals surface area contributed by atoms with Gasteiger partial charge in [0.25, 0.3) is 0 Å². The van der Waals surface area contributed by atoms with Gasteiger partial charge in [-0.3, -0.25) is 4.79 Å². The third kappa shape index (κ3) is 5.79. The molecule has 1 aromatic heterocycles. The molecule has 4 rings (SSSR count). The number of ketones is 1. The van der Waals surface area contributed by atoms with Crippen LogP contribution in [0.5, 0.6) is 0 Å². The normalized spacial score (nSPS) is 12.3. The first-order valence-corrected chi connectivity index (χ1v) is 11.8. The largest absolute Gasteiger partial charge is 0.479 e. The lowest BCUT2D eigenvalue weighted by Gasteiger charge is -2.08. The van der Waals surface area contributed by atoms with Crippen LogP contribution in [0.4, 0.5) is 0 Å². The van der Waals surface area contributed by atoms with Crippen LogP contribution in [-0.2, 0) is 29.3 Å². The monoisotopic (exact) mass is 483 g/mol. The van der Waals surface area contributed by atoms with Gasteiger partial charge in [0.15, 0.2) is 11.9 Å². The molecule has 36 heavy (non-hydrogen) atoms. The molecular formula is C30H29NO5. The van der Waals surface area contributed by atoms with Crippen molar-refractivity contribution in [2.24, 2.45) is 0 Å². The second kappa shape index (κ2) is 11.2. The lowest BCUT2D eigenvalue weighted by Crippen LogP contribution is -2.19. The van der Waals surface area contributed by atoms with E-state index in [9.17, 15) is 14.7 Å². The van der Waals surface area contributed by atoms with E-state index in [1.807, 2.05) is 96.6 Å². The molecule has 0 saturated carbocycles. The van der Waals surface area contributed by atoms with Gasteiger partial charge in [-0.1, -0.05) is 72.3 Å². The van der Waals surface area contributed by atoms with E-state index < -0.39 is 12.1 Å². The minimum atomic E-state index is -0.983. The Morgan fingerprint density at radius 3 is 2.36 bits per heavy atom. The number of aliphatic hydroxyl groups excluding tert-OH is 1. The van der Waals surface area contributed by atoms with Crippen LogP contribution >= 0.6 is 0 Å². The summed E-state index contributed by atoms with van der Waals surface area (Å²) in [6, 6.07) is 21.0. The Morgan fingerprint density at radius 1 is 1.00 bits per heavy atom. The van der Waals surface area contributed by atoms with Crippen LogP contribution in [0.3, 0.4) is 0 Å². The number of aromatic nitrogens is 1. The molecule has 0 aliphatic heterocycles. The molecule has 0 saturated heterocycles. The highest BCUT2D eigenvalue weighted by molar-refractivity contribution is 6.16. The molecule has 2 N–H and O–H groups in total. The van der Waals surface area contributed by atoms with Crippen LogP contribution in [0.25, 0.3) is 17.0 Å². The summed E-state index contributed by atoms with van der Waals surface area (Å²) in [7, 11) is 0. The molecule has 1 heterocycles. The number of carbonyl (C=O) groups excluding carboxylic acids is 1. The van der Waals surface area contributed by atoms with Gasteiger partial charge in [0.05, 0.1) is 13.2 Å². The average Bonchev–Trinajstić information content (AvgIpc) is 3.25. The van der Waals surface area contributed by atoms with Crippen molar-refractivity contribution in [2.45, 2.75) is 39.7 Å². The van der Waals surface area contributed by atoms with Gasteiger partial charge in [-0.25, -0.2) is 4.79 Å². The summed E-state index contributed by atoms with van der Waals surface area (Å²) >= 11 is 0. The summed E-state index contributed by atoms with van der Waals surface area (Å²) in [5.41, 5.74) is 5.92.